The average Bonchev–Trinajstić information content (AvgIpc) is 3.28. The quantitative estimate of drug-likeness (QED) is 0.519. The van der Waals surface area contributed by atoms with Crippen LogP contribution in [-0.4, -0.2) is 46.3 Å². The lowest BCUT2D eigenvalue weighted by Gasteiger charge is -2.18. The molecule has 0 radical (unpaired) electrons. The Hall–Kier alpha value is -3.87. The fraction of sp³-hybridized carbons (Fsp3) is 0.519. The Kier molecular flexibility index (Phi) is 6.63. The van der Waals surface area contributed by atoms with Gasteiger partial charge in [-0.1, -0.05) is 6.07 Å². The van der Waals surface area contributed by atoms with Crippen molar-refractivity contribution < 1.29 is 19.1 Å². The zero-order valence-electron chi connectivity index (χ0n) is 21.2. The Labute approximate surface area is 215 Å². The molecule has 3 atom stereocenters. The van der Waals surface area contributed by atoms with Gasteiger partial charge in [0.15, 0.2) is 5.82 Å². The summed E-state index contributed by atoms with van der Waals surface area (Å²) < 4.78 is 5.60. The number of aromatic nitrogens is 2. The molecule has 2 heterocycles. The second-order valence-electron chi connectivity index (χ2n) is 10.7. The number of amides is 3. The van der Waals surface area contributed by atoms with E-state index in [-0.39, 0.29) is 35.5 Å². The molecule has 194 valence electrons. The van der Waals surface area contributed by atoms with Crippen LogP contribution in [0.5, 0.6) is 0 Å². The van der Waals surface area contributed by atoms with Gasteiger partial charge in [-0.3, -0.25) is 14.7 Å². The molecule has 10 nitrogen and oxygen atoms in total. The van der Waals surface area contributed by atoms with Gasteiger partial charge in [0.25, 0.3) is 0 Å². The maximum absolute atomic E-state index is 13.0. The lowest BCUT2D eigenvalue weighted by molar-refractivity contribution is -0.118. The lowest BCUT2D eigenvalue weighted by atomic mass is 9.94. The molecule has 1 aromatic carbocycles. The number of nitriles is 1. The third-order valence-electron chi connectivity index (χ3n) is 7.75. The molecule has 2 aliphatic carbocycles. The highest BCUT2D eigenvalue weighted by molar-refractivity contribution is 5.97. The van der Waals surface area contributed by atoms with Crippen LogP contribution in [0.3, 0.4) is 0 Å². The highest BCUT2D eigenvalue weighted by atomic mass is 16.6. The van der Waals surface area contributed by atoms with E-state index >= 15 is 0 Å². The number of H-pyrrole nitrogens is 1. The minimum absolute atomic E-state index is 0.0489. The second kappa shape index (κ2) is 9.88. The first-order chi connectivity index (χ1) is 17.7. The van der Waals surface area contributed by atoms with Gasteiger partial charge in [0.1, 0.15) is 6.10 Å². The molecule has 1 aliphatic heterocycles. The number of anilines is 2. The molecule has 2 aromatic rings. The van der Waals surface area contributed by atoms with Crippen LogP contribution < -0.4 is 15.5 Å². The smallest absolute Gasteiger partial charge is 0.407 e. The Balaban J connectivity index is 1.18. The van der Waals surface area contributed by atoms with Crippen molar-refractivity contribution in [2.24, 2.45) is 0 Å². The van der Waals surface area contributed by atoms with Gasteiger partial charge in [0.05, 0.1) is 17.6 Å². The van der Waals surface area contributed by atoms with Gasteiger partial charge >= 0.3 is 6.09 Å². The summed E-state index contributed by atoms with van der Waals surface area (Å²) in [6, 6.07) is 9.20. The largest absolute Gasteiger partial charge is 0.446 e. The summed E-state index contributed by atoms with van der Waals surface area (Å²) in [5.41, 5.74) is 2.44. The van der Waals surface area contributed by atoms with Crippen LogP contribution in [0.15, 0.2) is 24.3 Å². The predicted molar refractivity (Wildman–Crippen MR) is 136 cm³/mol. The van der Waals surface area contributed by atoms with Gasteiger partial charge in [0.2, 0.25) is 11.8 Å². The summed E-state index contributed by atoms with van der Waals surface area (Å²) in [7, 11) is 0. The standard InChI is InChI=1S/C27H32N6O4/c1-16(21-8-6-19(12-18(21)15-28)33-11-3-4-24(33)34)25(35)29-23-14-22(31-32-23)17-5-7-20(13-17)37-26(36)30-27(2)9-10-27/h6,8,12,14,16-17,20H,3-5,7,9-11,13H2,1-2H3,(H,30,36)(H2,29,31,32,35)/t16?,17-,20-/m1/s1. The number of nitrogens with zero attached hydrogens (tertiary/aromatic N) is 3. The van der Waals surface area contributed by atoms with E-state index in [2.05, 4.69) is 26.9 Å². The number of hydrogen-bond acceptors (Lipinski definition) is 6. The van der Waals surface area contributed by atoms with E-state index < -0.39 is 5.92 Å². The Morgan fingerprint density at radius 3 is 2.81 bits per heavy atom. The first-order valence-corrected chi connectivity index (χ1v) is 12.9. The van der Waals surface area contributed by atoms with Crippen LogP contribution >= 0.6 is 0 Å². The molecule has 10 heteroatoms. The molecular weight excluding hydrogens is 472 g/mol. The molecule has 0 bridgehead atoms. The number of carbonyl (C=O) groups is 3. The maximum atomic E-state index is 13.0. The van der Waals surface area contributed by atoms with Crippen LogP contribution in [0.2, 0.25) is 0 Å². The molecule has 3 fully saturated rings. The first kappa shape index (κ1) is 24.8. The van der Waals surface area contributed by atoms with E-state index in [1.807, 2.05) is 13.0 Å². The van der Waals surface area contributed by atoms with E-state index in [4.69, 9.17) is 4.74 Å². The predicted octanol–water partition coefficient (Wildman–Crippen LogP) is 4.07. The van der Waals surface area contributed by atoms with Crippen molar-refractivity contribution in [3.63, 3.8) is 0 Å². The molecule has 5 rings (SSSR count). The molecule has 3 N–H and O–H groups in total. The highest BCUT2D eigenvalue weighted by Gasteiger charge is 2.40. The lowest BCUT2D eigenvalue weighted by Crippen LogP contribution is -2.36. The molecule has 0 spiro atoms. The van der Waals surface area contributed by atoms with Crippen LogP contribution in [0, 0.1) is 11.3 Å². The molecule has 3 aliphatic rings. The van der Waals surface area contributed by atoms with Crippen LogP contribution in [0.1, 0.15) is 87.4 Å². The molecule has 1 unspecified atom stereocenters. The number of benzene rings is 1. The van der Waals surface area contributed by atoms with Crippen molar-refractivity contribution in [1.29, 1.82) is 5.26 Å². The van der Waals surface area contributed by atoms with Crippen LogP contribution in [0.4, 0.5) is 16.3 Å². The fourth-order valence-corrected chi connectivity index (χ4v) is 5.16. The molecule has 1 aromatic heterocycles. The van der Waals surface area contributed by atoms with E-state index in [1.165, 1.54) is 0 Å². The normalized spacial score (nSPS) is 22.8. The molecular formula is C27H32N6O4. The molecule has 2 saturated carbocycles. The van der Waals surface area contributed by atoms with E-state index in [1.54, 1.807) is 30.0 Å². The fourth-order valence-electron chi connectivity index (χ4n) is 5.16. The number of rotatable bonds is 7. The number of aromatic amines is 1. The number of carbonyl (C=O) groups excluding carboxylic acids is 3. The second-order valence-corrected chi connectivity index (χ2v) is 10.7. The van der Waals surface area contributed by atoms with Crippen LogP contribution in [0.25, 0.3) is 0 Å². The highest BCUT2D eigenvalue weighted by Crippen LogP contribution is 2.37. The van der Waals surface area contributed by atoms with Crippen molar-refractivity contribution in [3.05, 3.63) is 41.1 Å². The molecule has 37 heavy (non-hydrogen) atoms. The van der Waals surface area contributed by atoms with Crippen LogP contribution in [-0.2, 0) is 14.3 Å². The summed E-state index contributed by atoms with van der Waals surface area (Å²) in [5, 5.41) is 22.7. The zero-order chi connectivity index (χ0) is 26.2. The number of alkyl carbamates (subject to hydrolysis) is 1. The van der Waals surface area contributed by atoms with Crippen molar-refractivity contribution in [2.45, 2.75) is 82.3 Å². The summed E-state index contributed by atoms with van der Waals surface area (Å²) in [6.45, 7) is 4.40. The summed E-state index contributed by atoms with van der Waals surface area (Å²) >= 11 is 0. The topological polar surface area (TPSA) is 140 Å². The van der Waals surface area contributed by atoms with E-state index in [0.717, 1.165) is 37.8 Å². The zero-order valence-corrected chi connectivity index (χ0v) is 21.2. The third-order valence-corrected chi connectivity index (χ3v) is 7.75. The van der Waals surface area contributed by atoms with Crippen molar-refractivity contribution in [1.82, 2.24) is 15.5 Å². The minimum Gasteiger partial charge on any atom is -0.446 e. The number of nitrogens with one attached hydrogen (secondary N) is 3. The minimum atomic E-state index is -0.589. The van der Waals surface area contributed by atoms with Gasteiger partial charge in [-0.2, -0.15) is 10.4 Å². The van der Waals surface area contributed by atoms with Gasteiger partial charge in [0, 0.05) is 41.9 Å². The average molecular weight is 505 g/mol. The maximum Gasteiger partial charge on any atom is 0.407 e. The number of hydrogen-bond donors (Lipinski definition) is 3. The summed E-state index contributed by atoms with van der Waals surface area (Å²) in [6.07, 6.45) is 5.13. The SMILES string of the molecule is CC(C(=O)Nc1cc([C@@H]2CC[C@@H](OC(=O)NC3(C)CC3)C2)[nH]n1)c1ccc(N2CCCC2=O)cc1C#N. The van der Waals surface area contributed by atoms with Gasteiger partial charge in [-0.05, 0) is 70.1 Å². The monoisotopic (exact) mass is 504 g/mol. The summed E-state index contributed by atoms with van der Waals surface area (Å²) in [4.78, 5) is 38.8. The third kappa shape index (κ3) is 5.45. The van der Waals surface area contributed by atoms with E-state index in [9.17, 15) is 19.6 Å². The molecule has 1 saturated heterocycles. The Bertz CT molecular complexity index is 1260. The number of ether oxygens (including phenoxy) is 1. The van der Waals surface area contributed by atoms with Gasteiger partial charge in [-0.15, -0.1) is 0 Å². The van der Waals surface area contributed by atoms with E-state index in [0.29, 0.717) is 42.0 Å². The van der Waals surface area contributed by atoms with Gasteiger partial charge < -0.3 is 20.3 Å². The molecule has 3 amide bonds. The van der Waals surface area contributed by atoms with Crippen molar-refractivity contribution in [2.75, 3.05) is 16.8 Å². The Morgan fingerprint density at radius 2 is 2.11 bits per heavy atom. The Morgan fingerprint density at radius 1 is 1.30 bits per heavy atom. The van der Waals surface area contributed by atoms with Crippen molar-refractivity contribution in [3.8, 4) is 6.07 Å². The van der Waals surface area contributed by atoms with Crippen molar-refractivity contribution >= 4 is 29.4 Å². The van der Waals surface area contributed by atoms with Gasteiger partial charge in [-0.25, -0.2) is 4.79 Å². The first-order valence-electron chi connectivity index (χ1n) is 12.9. The summed E-state index contributed by atoms with van der Waals surface area (Å²) in [5.74, 6) is -0.247.